The first-order chi connectivity index (χ1) is 9.93. The van der Waals surface area contributed by atoms with Crippen LogP contribution in [0.25, 0.3) is 16.7 Å². The van der Waals surface area contributed by atoms with Gasteiger partial charge in [0.25, 0.3) is 0 Å². The average molecular weight is 284 g/mol. The van der Waals surface area contributed by atoms with Gasteiger partial charge in [0.15, 0.2) is 0 Å². The summed E-state index contributed by atoms with van der Waals surface area (Å²) in [7, 11) is 3.32. The van der Waals surface area contributed by atoms with Gasteiger partial charge in [-0.3, -0.25) is 4.68 Å². The molecule has 0 atom stereocenters. The number of carbonyl (C=O) groups is 1. The van der Waals surface area contributed by atoms with Crippen LogP contribution in [0, 0.1) is 13.8 Å². The van der Waals surface area contributed by atoms with Crippen molar-refractivity contribution in [3.63, 3.8) is 0 Å². The van der Waals surface area contributed by atoms with Crippen LogP contribution >= 0.6 is 0 Å². The number of benzene rings is 1. The monoisotopic (exact) mass is 284 g/mol. The number of nitrogens with zero attached hydrogens (tertiary/aromatic N) is 2. The molecule has 0 aliphatic carbocycles. The summed E-state index contributed by atoms with van der Waals surface area (Å²) in [5.41, 5.74) is 6.25. The van der Waals surface area contributed by atoms with Gasteiger partial charge in [0.05, 0.1) is 12.8 Å². The van der Waals surface area contributed by atoms with Crippen molar-refractivity contribution in [3.05, 3.63) is 47.3 Å². The second-order valence-electron chi connectivity index (χ2n) is 5.10. The Labute approximate surface area is 125 Å². The van der Waals surface area contributed by atoms with Crippen LogP contribution in [0.15, 0.2) is 30.3 Å². The van der Waals surface area contributed by atoms with Gasteiger partial charge >= 0.3 is 5.97 Å². The summed E-state index contributed by atoms with van der Waals surface area (Å²) in [5, 5.41) is 4.45. The molecule has 1 heterocycles. The largest absolute Gasteiger partial charge is 0.466 e. The van der Waals surface area contributed by atoms with Crippen LogP contribution in [0.3, 0.4) is 0 Å². The molecule has 0 saturated carbocycles. The highest BCUT2D eigenvalue weighted by atomic mass is 16.5. The predicted octanol–water partition coefficient (Wildman–Crippen LogP) is 3.28. The number of allylic oxidation sites excluding steroid dienone is 1. The standard InChI is InChI=1S/C17H20N2O2/c1-11(9-16(20)21-5)14-7-6-8-15(10-14)17-12(2)18-19(4)13(17)3/h6-10H,1-5H3/b11-9+. The second-order valence-corrected chi connectivity index (χ2v) is 5.10. The number of aromatic nitrogens is 2. The Morgan fingerprint density at radius 3 is 2.62 bits per heavy atom. The molecular formula is C17H20N2O2. The van der Waals surface area contributed by atoms with Crippen LogP contribution in [0.1, 0.15) is 23.9 Å². The van der Waals surface area contributed by atoms with E-state index in [1.807, 2.05) is 37.7 Å². The van der Waals surface area contributed by atoms with Gasteiger partial charge in [-0.25, -0.2) is 4.79 Å². The average Bonchev–Trinajstić information content (AvgIpc) is 2.72. The summed E-state index contributed by atoms with van der Waals surface area (Å²) in [6.45, 7) is 5.96. The van der Waals surface area contributed by atoms with E-state index in [2.05, 4.69) is 28.9 Å². The SMILES string of the molecule is COC(=O)/C=C(\C)c1cccc(-c2c(C)nn(C)c2C)c1. The summed E-state index contributed by atoms with van der Waals surface area (Å²) in [6, 6.07) is 8.11. The Morgan fingerprint density at radius 1 is 1.33 bits per heavy atom. The third-order valence-electron chi connectivity index (χ3n) is 3.65. The Morgan fingerprint density at radius 2 is 2.05 bits per heavy atom. The highest BCUT2D eigenvalue weighted by Gasteiger charge is 2.12. The van der Waals surface area contributed by atoms with E-state index in [0.29, 0.717) is 0 Å². The first-order valence-corrected chi connectivity index (χ1v) is 6.81. The Bertz CT molecular complexity index is 712. The van der Waals surface area contributed by atoms with E-state index >= 15 is 0 Å². The molecule has 1 aromatic heterocycles. The molecule has 0 N–H and O–H groups in total. The lowest BCUT2D eigenvalue weighted by Crippen LogP contribution is -1.96. The van der Waals surface area contributed by atoms with Crippen LogP contribution in [0.5, 0.6) is 0 Å². The van der Waals surface area contributed by atoms with Gasteiger partial charge in [-0.05, 0) is 43.5 Å². The van der Waals surface area contributed by atoms with Gasteiger partial charge < -0.3 is 4.74 Å². The number of esters is 1. The van der Waals surface area contributed by atoms with Crippen LogP contribution < -0.4 is 0 Å². The maximum Gasteiger partial charge on any atom is 0.330 e. The molecule has 4 heteroatoms. The van der Waals surface area contributed by atoms with E-state index in [-0.39, 0.29) is 5.97 Å². The molecular weight excluding hydrogens is 264 g/mol. The van der Waals surface area contributed by atoms with Crippen molar-refractivity contribution in [2.24, 2.45) is 7.05 Å². The number of carbonyl (C=O) groups excluding carboxylic acids is 1. The van der Waals surface area contributed by atoms with Crippen LogP contribution in [-0.4, -0.2) is 22.9 Å². The summed E-state index contributed by atoms with van der Waals surface area (Å²) < 4.78 is 6.55. The van der Waals surface area contributed by atoms with Crippen LogP contribution in [0.2, 0.25) is 0 Å². The summed E-state index contributed by atoms with van der Waals surface area (Å²) in [5.74, 6) is -0.341. The quantitative estimate of drug-likeness (QED) is 0.642. The highest BCUT2D eigenvalue weighted by Crippen LogP contribution is 2.28. The van der Waals surface area contributed by atoms with Gasteiger partial charge in [0, 0.05) is 24.4 Å². The summed E-state index contributed by atoms with van der Waals surface area (Å²) in [4.78, 5) is 11.4. The Kier molecular flexibility index (Phi) is 4.26. The zero-order valence-electron chi connectivity index (χ0n) is 13.1. The fraction of sp³-hybridized carbons (Fsp3) is 0.294. The van der Waals surface area contributed by atoms with E-state index in [1.54, 1.807) is 0 Å². The number of rotatable bonds is 3. The van der Waals surface area contributed by atoms with Crippen molar-refractivity contribution in [1.82, 2.24) is 9.78 Å². The van der Waals surface area contributed by atoms with Crippen molar-refractivity contribution >= 4 is 11.5 Å². The predicted molar refractivity (Wildman–Crippen MR) is 83.8 cm³/mol. The fourth-order valence-corrected chi connectivity index (χ4v) is 2.43. The van der Waals surface area contributed by atoms with Crippen molar-refractivity contribution in [2.45, 2.75) is 20.8 Å². The van der Waals surface area contributed by atoms with Gasteiger partial charge in [0.1, 0.15) is 0 Å². The molecule has 0 fully saturated rings. The number of hydrogen-bond donors (Lipinski definition) is 0. The van der Waals surface area contributed by atoms with Gasteiger partial charge in [-0.15, -0.1) is 0 Å². The van der Waals surface area contributed by atoms with Gasteiger partial charge in [-0.2, -0.15) is 5.10 Å². The van der Waals surface area contributed by atoms with Crippen LogP contribution in [-0.2, 0) is 16.6 Å². The lowest BCUT2D eigenvalue weighted by atomic mass is 9.98. The van der Waals surface area contributed by atoms with Crippen molar-refractivity contribution in [3.8, 4) is 11.1 Å². The van der Waals surface area contributed by atoms with Crippen molar-refractivity contribution in [2.75, 3.05) is 7.11 Å². The molecule has 0 saturated heterocycles. The molecule has 0 amide bonds. The van der Waals surface area contributed by atoms with E-state index in [9.17, 15) is 4.79 Å². The van der Waals surface area contributed by atoms with E-state index in [1.165, 1.54) is 13.2 Å². The highest BCUT2D eigenvalue weighted by molar-refractivity contribution is 5.91. The molecule has 2 aromatic rings. The molecule has 0 bridgehead atoms. The van der Waals surface area contributed by atoms with E-state index < -0.39 is 0 Å². The van der Waals surface area contributed by atoms with Crippen molar-refractivity contribution in [1.29, 1.82) is 0 Å². The molecule has 110 valence electrons. The number of hydrogen-bond acceptors (Lipinski definition) is 3. The molecule has 4 nitrogen and oxygen atoms in total. The Hall–Kier alpha value is -2.36. The lowest BCUT2D eigenvalue weighted by molar-refractivity contribution is -0.134. The first kappa shape index (κ1) is 15.0. The Balaban J connectivity index is 2.47. The number of aryl methyl sites for hydroxylation is 2. The van der Waals surface area contributed by atoms with Gasteiger partial charge in [-0.1, -0.05) is 18.2 Å². The molecule has 21 heavy (non-hydrogen) atoms. The molecule has 0 aliphatic rings. The summed E-state index contributed by atoms with van der Waals surface area (Å²) >= 11 is 0. The maximum absolute atomic E-state index is 11.4. The second kappa shape index (κ2) is 5.95. The minimum absolute atomic E-state index is 0.341. The minimum Gasteiger partial charge on any atom is -0.466 e. The molecule has 2 rings (SSSR count). The zero-order valence-corrected chi connectivity index (χ0v) is 13.1. The first-order valence-electron chi connectivity index (χ1n) is 6.81. The van der Waals surface area contributed by atoms with Crippen LogP contribution in [0.4, 0.5) is 0 Å². The number of ether oxygens (including phenoxy) is 1. The normalized spacial score (nSPS) is 11.6. The van der Waals surface area contributed by atoms with E-state index in [4.69, 9.17) is 0 Å². The topological polar surface area (TPSA) is 44.1 Å². The zero-order chi connectivity index (χ0) is 15.6. The molecule has 0 radical (unpaired) electrons. The fourth-order valence-electron chi connectivity index (χ4n) is 2.43. The molecule has 0 spiro atoms. The summed E-state index contributed by atoms with van der Waals surface area (Å²) in [6.07, 6.45) is 1.50. The minimum atomic E-state index is -0.341. The smallest absolute Gasteiger partial charge is 0.330 e. The molecule has 0 unspecified atom stereocenters. The third kappa shape index (κ3) is 3.05. The maximum atomic E-state index is 11.4. The third-order valence-corrected chi connectivity index (χ3v) is 3.65. The van der Waals surface area contributed by atoms with Gasteiger partial charge in [0.2, 0.25) is 0 Å². The lowest BCUT2D eigenvalue weighted by Gasteiger charge is -2.07. The van der Waals surface area contributed by atoms with Crippen molar-refractivity contribution < 1.29 is 9.53 Å². The number of methoxy groups -OCH3 is 1. The van der Waals surface area contributed by atoms with E-state index in [0.717, 1.165) is 33.7 Å². The molecule has 1 aromatic carbocycles. The molecule has 0 aliphatic heterocycles.